The van der Waals surface area contributed by atoms with Gasteiger partial charge < -0.3 is 9.52 Å². The Morgan fingerprint density at radius 1 is 1.19 bits per heavy atom. The van der Waals surface area contributed by atoms with E-state index in [0.717, 1.165) is 30.1 Å². The van der Waals surface area contributed by atoms with Gasteiger partial charge >= 0.3 is 0 Å². The molecule has 3 fully saturated rings. The number of hydrogen-bond donors (Lipinski definition) is 1. The molecule has 114 valence electrons. The second-order valence-electron chi connectivity index (χ2n) is 8.30. The van der Waals surface area contributed by atoms with Crippen molar-refractivity contribution in [3.05, 3.63) is 23.7 Å². The fourth-order valence-corrected chi connectivity index (χ4v) is 6.98. The van der Waals surface area contributed by atoms with Gasteiger partial charge in [0.25, 0.3) is 0 Å². The van der Waals surface area contributed by atoms with Crippen LogP contribution >= 0.6 is 0 Å². The molecule has 2 nitrogen and oxygen atoms in total. The number of hydrogen-bond acceptors (Lipinski definition) is 2. The van der Waals surface area contributed by atoms with Gasteiger partial charge in [0, 0.05) is 13.0 Å². The van der Waals surface area contributed by atoms with Gasteiger partial charge in [0.2, 0.25) is 0 Å². The molecule has 0 aromatic carbocycles. The number of aryl methyl sites for hydroxylation is 1. The Bertz CT molecular complexity index is 548. The van der Waals surface area contributed by atoms with Gasteiger partial charge in [-0.2, -0.15) is 0 Å². The second-order valence-corrected chi connectivity index (χ2v) is 8.30. The molecule has 2 heteroatoms. The van der Waals surface area contributed by atoms with E-state index in [4.69, 9.17) is 4.42 Å². The minimum atomic E-state index is 0.430. The Morgan fingerprint density at radius 2 is 2.14 bits per heavy atom. The molecule has 0 aliphatic heterocycles. The Balaban J connectivity index is 1.49. The molecular weight excluding hydrogens is 260 g/mol. The number of furan rings is 1. The van der Waals surface area contributed by atoms with Crippen LogP contribution in [0.4, 0.5) is 0 Å². The Morgan fingerprint density at radius 3 is 3.05 bits per heavy atom. The second kappa shape index (κ2) is 4.38. The SMILES string of the molecule is OC[C@H]1CC23CCC4c5ccoc5CCC4C2CCC1C3. The Kier molecular flexibility index (Phi) is 2.66. The van der Waals surface area contributed by atoms with E-state index >= 15 is 0 Å². The van der Waals surface area contributed by atoms with Crippen molar-refractivity contribution >= 4 is 0 Å². The minimum Gasteiger partial charge on any atom is -0.469 e. The molecule has 1 aromatic heterocycles. The zero-order valence-electron chi connectivity index (χ0n) is 12.8. The zero-order chi connectivity index (χ0) is 14.0. The third kappa shape index (κ3) is 1.63. The summed E-state index contributed by atoms with van der Waals surface area (Å²) in [6.07, 6.45) is 12.7. The van der Waals surface area contributed by atoms with Crippen LogP contribution in [0, 0.1) is 29.1 Å². The highest BCUT2D eigenvalue weighted by atomic mass is 16.3. The monoisotopic (exact) mass is 286 g/mol. The molecule has 1 N–H and O–H groups in total. The third-order valence-electron chi connectivity index (χ3n) is 7.74. The highest BCUT2D eigenvalue weighted by molar-refractivity contribution is 5.28. The molecule has 2 bridgehead atoms. The van der Waals surface area contributed by atoms with Crippen LogP contribution in [0.5, 0.6) is 0 Å². The average molecular weight is 286 g/mol. The number of rotatable bonds is 1. The van der Waals surface area contributed by atoms with Crippen molar-refractivity contribution in [1.82, 2.24) is 0 Å². The van der Waals surface area contributed by atoms with Crippen molar-refractivity contribution in [2.24, 2.45) is 29.1 Å². The number of aliphatic hydroxyl groups excluding tert-OH is 1. The lowest BCUT2D eigenvalue weighted by atomic mass is 9.51. The standard InChI is InChI=1S/C19H26O2/c20-11-13-10-19-7-5-14-15(17(19)3-1-12(13)9-19)2-4-18-16(14)6-8-21-18/h6,8,12-15,17,20H,1-5,7,9-11H2/t12?,13-,14?,15?,17?,19?/m1/s1. The van der Waals surface area contributed by atoms with E-state index in [0.29, 0.717) is 17.9 Å². The molecule has 1 spiro atoms. The molecule has 6 atom stereocenters. The quantitative estimate of drug-likeness (QED) is 0.842. The van der Waals surface area contributed by atoms with Gasteiger partial charge in [-0.1, -0.05) is 0 Å². The first kappa shape index (κ1) is 12.8. The Labute approximate surface area is 126 Å². The lowest BCUT2D eigenvalue weighted by Crippen LogP contribution is -2.44. The van der Waals surface area contributed by atoms with E-state index in [1.165, 1.54) is 50.7 Å². The fourth-order valence-electron chi connectivity index (χ4n) is 6.98. The summed E-state index contributed by atoms with van der Waals surface area (Å²) in [6, 6.07) is 2.25. The van der Waals surface area contributed by atoms with Crippen molar-refractivity contribution < 1.29 is 9.52 Å². The van der Waals surface area contributed by atoms with E-state index in [1.807, 2.05) is 6.26 Å². The lowest BCUT2D eigenvalue weighted by molar-refractivity contribution is -0.00774. The molecule has 3 saturated carbocycles. The van der Waals surface area contributed by atoms with Gasteiger partial charge in [-0.15, -0.1) is 0 Å². The molecule has 0 saturated heterocycles. The van der Waals surface area contributed by atoms with Crippen LogP contribution in [-0.2, 0) is 6.42 Å². The summed E-state index contributed by atoms with van der Waals surface area (Å²) in [5.74, 6) is 5.30. The summed E-state index contributed by atoms with van der Waals surface area (Å²) in [4.78, 5) is 0. The normalized spacial score (nSPS) is 47.6. The number of aliphatic hydroxyl groups is 1. The van der Waals surface area contributed by atoms with E-state index in [9.17, 15) is 5.11 Å². The third-order valence-corrected chi connectivity index (χ3v) is 7.74. The predicted octanol–water partition coefficient (Wildman–Crippen LogP) is 4.13. The molecule has 4 aliphatic carbocycles. The van der Waals surface area contributed by atoms with Crippen molar-refractivity contribution in [2.45, 2.75) is 57.3 Å². The maximum Gasteiger partial charge on any atom is 0.107 e. The summed E-state index contributed by atoms with van der Waals surface area (Å²) >= 11 is 0. The van der Waals surface area contributed by atoms with E-state index in [1.54, 1.807) is 5.56 Å². The molecule has 0 amide bonds. The maximum absolute atomic E-state index is 9.72. The van der Waals surface area contributed by atoms with E-state index in [2.05, 4.69) is 6.07 Å². The first-order chi connectivity index (χ1) is 10.3. The van der Waals surface area contributed by atoms with Crippen LogP contribution in [0.25, 0.3) is 0 Å². The van der Waals surface area contributed by atoms with E-state index < -0.39 is 0 Å². The molecule has 5 rings (SSSR count). The fraction of sp³-hybridized carbons (Fsp3) is 0.789. The van der Waals surface area contributed by atoms with Crippen LogP contribution in [0.3, 0.4) is 0 Å². The van der Waals surface area contributed by atoms with E-state index in [-0.39, 0.29) is 0 Å². The van der Waals surface area contributed by atoms with Gasteiger partial charge in [0.15, 0.2) is 0 Å². The van der Waals surface area contributed by atoms with Gasteiger partial charge in [-0.25, -0.2) is 0 Å². The van der Waals surface area contributed by atoms with Crippen molar-refractivity contribution in [3.63, 3.8) is 0 Å². The zero-order valence-corrected chi connectivity index (χ0v) is 12.8. The first-order valence-electron chi connectivity index (χ1n) is 8.98. The largest absolute Gasteiger partial charge is 0.469 e. The van der Waals surface area contributed by atoms with Gasteiger partial charge in [0.05, 0.1) is 6.26 Å². The van der Waals surface area contributed by atoms with Crippen molar-refractivity contribution in [1.29, 1.82) is 0 Å². The summed E-state index contributed by atoms with van der Waals surface area (Å²) < 4.78 is 5.70. The minimum absolute atomic E-state index is 0.430. The molecule has 0 radical (unpaired) electrons. The molecule has 5 unspecified atom stereocenters. The predicted molar refractivity (Wildman–Crippen MR) is 81.0 cm³/mol. The summed E-state index contributed by atoms with van der Waals surface area (Å²) in [5, 5.41) is 9.72. The maximum atomic E-state index is 9.72. The smallest absolute Gasteiger partial charge is 0.107 e. The summed E-state index contributed by atoms with van der Waals surface area (Å²) in [6.45, 7) is 0.430. The first-order valence-corrected chi connectivity index (χ1v) is 8.98. The van der Waals surface area contributed by atoms with Crippen LogP contribution in [0.2, 0.25) is 0 Å². The highest BCUT2D eigenvalue weighted by Crippen LogP contribution is 2.67. The van der Waals surface area contributed by atoms with Crippen LogP contribution < -0.4 is 0 Å². The lowest BCUT2D eigenvalue weighted by Gasteiger charge is -2.53. The molecule has 4 aliphatic rings. The molecular formula is C19H26O2. The van der Waals surface area contributed by atoms with Gasteiger partial charge in [0.1, 0.15) is 5.76 Å². The summed E-state index contributed by atoms with van der Waals surface area (Å²) in [5.41, 5.74) is 2.14. The van der Waals surface area contributed by atoms with Crippen molar-refractivity contribution in [2.75, 3.05) is 6.61 Å². The van der Waals surface area contributed by atoms with Gasteiger partial charge in [-0.05, 0) is 91.6 Å². The van der Waals surface area contributed by atoms with Crippen molar-refractivity contribution in [3.8, 4) is 0 Å². The van der Waals surface area contributed by atoms with Crippen LogP contribution in [-0.4, -0.2) is 11.7 Å². The number of fused-ring (bicyclic) bond motifs is 5. The molecule has 21 heavy (non-hydrogen) atoms. The highest BCUT2D eigenvalue weighted by Gasteiger charge is 2.58. The molecule has 1 heterocycles. The topological polar surface area (TPSA) is 33.4 Å². The average Bonchev–Trinajstić information content (AvgIpc) is 3.09. The van der Waals surface area contributed by atoms with Crippen LogP contribution in [0.15, 0.2) is 16.7 Å². The Hall–Kier alpha value is -0.760. The molecule has 1 aromatic rings. The van der Waals surface area contributed by atoms with Gasteiger partial charge in [-0.3, -0.25) is 0 Å². The summed E-state index contributed by atoms with van der Waals surface area (Å²) in [7, 11) is 0. The van der Waals surface area contributed by atoms with Crippen LogP contribution in [0.1, 0.15) is 62.2 Å².